The van der Waals surface area contributed by atoms with E-state index >= 15 is 0 Å². The van der Waals surface area contributed by atoms with E-state index in [1.54, 1.807) is 20.8 Å². The van der Waals surface area contributed by atoms with Crippen molar-refractivity contribution in [2.75, 3.05) is 0 Å². The minimum absolute atomic E-state index is 0.588. The van der Waals surface area contributed by atoms with Crippen LogP contribution in [-0.2, 0) is 0 Å². The van der Waals surface area contributed by atoms with E-state index in [2.05, 4.69) is 0 Å². The van der Waals surface area contributed by atoms with Crippen LogP contribution in [0, 0.1) is 0 Å². The molecule has 3 unspecified atom stereocenters. The standard InChI is InChI=1S/C16H20O3/c1-9(17)12-7-15(11(3)19)14-6-4-5-13(10(2)18)16(14)8-12/h4-11,17-19H,1-3H3. The molecule has 0 aliphatic heterocycles. The van der Waals surface area contributed by atoms with E-state index < -0.39 is 18.3 Å². The Morgan fingerprint density at radius 3 is 1.89 bits per heavy atom. The zero-order chi connectivity index (χ0) is 14.2. The van der Waals surface area contributed by atoms with Crippen molar-refractivity contribution in [3.05, 3.63) is 47.0 Å². The highest BCUT2D eigenvalue weighted by Gasteiger charge is 2.14. The second kappa shape index (κ2) is 5.29. The van der Waals surface area contributed by atoms with Crippen molar-refractivity contribution >= 4 is 10.8 Å². The number of benzene rings is 2. The highest BCUT2D eigenvalue weighted by atomic mass is 16.3. The number of hydrogen-bond donors (Lipinski definition) is 3. The second-order valence-electron chi connectivity index (χ2n) is 5.08. The van der Waals surface area contributed by atoms with Crippen molar-refractivity contribution < 1.29 is 15.3 Å². The van der Waals surface area contributed by atoms with Gasteiger partial charge in [-0.2, -0.15) is 0 Å². The summed E-state index contributed by atoms with van der Waals surface area (Å²) in [4.78, 5) is 0. The summed E-state index contributed by atoms with van der Waals surface area (Å²) < 4.78 is 0. The molecule has 2 aromatic rings. The molecule has 0 fully saturated rings. The molecule has 0 heterocycles. The zero-order valence-electron chi connectivity index (χ0n) is 11.5. The van der Waals surface area contributed by atoms with Crippen LogP contribution in [0.3, 0.4) is 0 Å². The lowest BCUT2D eigenvalue weighted by Crippen LogP contribution is -2.01. The second-order valence-corrected chi connectivity index (χ2v) is 5.08. The smallest absolute Gasteiger partial charge is 0.0768 e. The third-order valence-corrected chi connectivity index (χ3v) is 3.47. The monoisotopic (exact) mass is 260 g/mol. The van der Waals surface area contributed by atoms with E-state index in [4.69, 9.17) is 0 Å². The highest BCUT2D eigenvalue weighted by Crippen LogP contribution is 2.32. The summed E-state index contributed by atoms with van der Waals surface area (Å²) >= 11 is 0. The normalized spacial score (nSPS) is 16.3. The third-order valence-electron chi connectivity index (χ3n) is 3.47. The molecule has 3 nitrogen and oxygen atoms in total. The number of aliphatic hydroxyl groups is 3. The van der Waals surface area contributed by atoms with Gasteiger partial charge in [-0.25, -0.2) is 0 Å². The predicted octanol–water partition coefficient (Wildman–Crippen LogP) is 3.00. The quantitative estimate of drug-likeness (QED) is 0.795. The van der Waals surface area contributed by atoms with Crippen molar-refractivity contribution in [1.29, 1.82) is 0 Å². The Morgan fingerprint density at radius 2 is 1.37 bits per heavy atom. The number of hydrogen-bond acceptors (Lipinski definition) is 3. The summed E-state index contributed by atoms with van der Waals surface area (Å²) in [5.41, 5.74) is 2.33. The van der Waals surface area contributed by atoms with Crippen molar-refractivity contribution in [1.82, 2.24) is 0 Å². The van der Waals surface area contributed by atoms with Gasteiger partial charge in [0, 0.05) is 0 Å². The molecule has 0 bridgehead atoms. The summed E-state index contributed by atoms with van der Waals surface area (Å²) in [5, 5.41) is 31.3. The topological polar surface area (TPSA) is 60.7 Å². The van der Waals surface area contributed by atoms with Crippen LogP contribution >= 0.6 is 0 Å². The molecule has 3 atom stereocenters. The van der Waals surface area contributed by atoms with Crippen LogP contribution in [0.5, 0.6) is 0 Å². The van der Waals surface area contributed by atoms with Crippen LogP contribution in [0.4, 0.5) is 0 Å². The maximum atomic E-state index is 9.91. The fourth-order valence-corrected chi connectivity index (χ4v) is 2.41. The Morgan fingerprint density at radius 1 is 0.737 bits per heavy atom. The van der Waals surface area contributed by atoms with Gasteiger partial charge in [0.2, 0.25) is 0 Å². The molecule has 102 valence electrons. The van der Waals surface area contributed by atoms with Crippen LogP contribution in [-0.4, -0.2) is 15.3 Å². The summed E-state index contributed by atoms with van der Waals surface area (Å²) in [7, 11) is 0. The van der Waals surface area contributed by atoms with Gasteiger partial charge >= 0.3 is 0 Å². The first-order chi connectivity index (χ1) is 8.91. The Bertz CT molecular complexity index is 586. The molecule has 0 aromatic heterocycles. The Kier molecular flexibility index (Phi) is 3.90. The minimum atomic E-state index is -0.620. The van der Waals surface area contributed by atoms with Gasteiger partial charge in [0.15, 0.2) is 0 Å². The van der Waals surface area contributed by atoms with E-state index in [1.807, 2.05) is 30.3 Å². The van der Waals surface area contributed by atoms with E-state index in [0.717, 1.165) is 27.5 Å². The van der Waals surface area contributed by atoms with Gasteiger partial charge in [0.05, 0.1) is 18.3 Å². The first-order valence-electron chi connectivity index (χ1n) is 6.52. The van der Waals surface area contributed by atoms with E-state index in [1.165, 1.54) is 0 Å². The lowest BCUT2D eigenvalue weighted by molar-refractivity contribution is 0.193. The molecule has 0 aliphatic carbocycles. The molecule has 0 saturated carbocycles. The summed E-state index contributed by atoms with van der Waals surface area (Å²) in [5.74, 6) is 0. The Hall–Kier alpha value is -1.42. The first kappa shape index (κ1) is 14.0. The van der Waals surface area contributed by atoms with Crippen molar-refractivity contribution in [2.45, 2.75) is 39.1 Å². The van der Waals surface area contributed by atoms with Gasteiger partial charge in [-0.05, 0) is 54.3 Å². The van der Waals surface area contributed by atoms with E-state index in [0.29, 0.717) is 0 Å². The van der Waals surface area contributed by atoms with Crippen LogP contribution in [0.25, 0.3) is 10.8 Å². The number of fused-ring (bicyclic) bond motifs is 1. The lowest BCUT2D eigenvalue weighted by Gasteiger charge is -2.17. The van der Waals surface area contributed by atoms with Gasteiger partial charge in [0.1, 0.15) is 0 Å². The molecule has 0 spiro atoms. The van der Waals surface area contributed by atoms with Gasteiger partial charge in [-0.3, -0.25) is 0 Å². The molecular weight excluding hydrogens is 240 g/mol. The minimum Gasteiger partial charge on any atom is -0.389 e. The maximum Gasteiger partial charge on any atom is 0.0768 e. The molecule has 2 aromatic carbocycles. The molecule has 3 N–H and O–H groups in total. The van der Waals surface area contributed by atoms with E-state index in [9.17, 15) is 15.3 Å². The van der Waals surface area contributed by atoms with Crippen molar-refractivity contribution in [3.63, 3.8) is 0 Å². The highest BCUT2D eigenvalue weighted by molar-refractivity contribution is 5.90. The average Bonchev–Trinajstić information content (AvgIpc) is 2.36. The molecule has 19 heavy (non-hydrogen) atoms. The molecule has 0 amide bonds. The van der Waals surface area contributed by atoms with Gasteiger partial charge in [0.25, 0.3) is 0 Å². The average molecular weight is 260 g/mol. The van der Waals surface area contributed by atoms with Crippen LogP contribution in [0.1, 0.15) is 55.8 Å². The fraction of sp³-hybridized carbons (Fsp3) is 0.375. The molecular formula is C16H20O3. The summed E-state index contributed by atoms with van der Waals surface area (Å²) in [6, 6.07) is 9.37. The number of aliphatic hydroxyl groups excluding tert-OH is 3. The lowest BCUT2D eigenvalue weighted by atomic mass is 9.92. The van der Waals surface area contributed by atoms with Crippen LogP contribution < -0.4 is 0 Å². The summed E-state index contributed by atoms with van der Waals surface area (Å²) in [6.45, 7) is 5.11. The zero-order valence-corrected chi connectivity index (χ0v) is 11.5. The first-order valence-corrected chi connectivity index (χ1v) is 6.52. The van der Waals surface area contributed by atoms with Gasteiger partial charge in [-0.15, -0.1) is 0 Å². The Labute approximate surface area is 113 Å². The molecule has 3 heteroatoms. The van der Waals surface area contributed by atoms with Gasteiger partial charge in [-0.1, -0.05) is 24.3 Å². The van der Waals surface area contributed by atoms with Crippen molar-refractivity contribution in [2.24, 2.45) is 0 Å². The van der Waals surface area contributed by atoms with Crippen molar-refractivity contribution in [3.8, 4) is 0 Å². The molecule has 0 saturated heterocycles. The van der Waals surface area contributed by atoms with Crippen LogP contribution in [0.2, 0.25) is 0 Å². The number of rotatable bonds is 3. The molecule has 0 radical (unpaired) electrons. The predicted molar refractivity (Wildman–Crippen MR) is 75.8 cm³/mol. The Balaban J connectivity index is 2.83. The molecule has 2 rings (SSSR count). The fourth-order valence-electron chi connectivity index (χ4n) is 2.41. The van der Waals surface area contributed by atoms with Gasteiger partial charge < -0.3 is 15.3 Å². The SMILES string of the molecule is CC(O)c1cc(C(C)O)c2cccc(C(C)O)c2c1. The largest absolute Gasteiger partial charge is 0.389 e. The summed E-state index contributed by atoms with van der Waals surface area (Å²) in [6.07, 6.45) is -1.82. The molecule has 0 aliphatic rings. The van der Waals surface area contributed by atoms with Crippen LogP contribution in [0.15, 0.2) is 30.3 Å². The van der Waals surface area contributed by atoms with E-state index in [-0.39, 0.29) is 0 Å². The maximum absolute atomic E-state index is 9.91. The third kappa shape index (κ3) is 2.63.